The molecule has 1 nitrogen and oxygen atoms in total. The second-order valence-corrected chi connectivity index (χ2v) is 5.06. The summed E-state index contributed by atoms with van der Waals surface area (Å²) in [4.78, 5) is 0. The summed E-state index contributed by atoms with van der Waals surface area (Å²) < 4.78 is 12.2. The third kappa shape index (κ3) is 1.58. The molecule has 0 saturated carbocycles. The Morgan fingerprint density at radius 2 is 2.33 bits per heavy atom. The maximum Gasteiger partial charge on any atom is 0.0703 e. The van der Waals surface area contributed by atoms with E-state index in [0.29, 0.717) is 0 Å². The first-order chi connectivity index (χ1) is 4.22. The van der Waals surface area contributed by atoms with E-state index in [1.54, 1.807) is 11.8 Å². The lowest BCUT2D eigenvalue weighted by Gasteiger charge is -1.94. The van der Waals surface area contributed by atoms with Gasteiger partial charge in [0.05, 0.1) is 15.0 Å². The van der Waals surface area contributed by atoms with Crippen molar-refractivity contribution in [2.24, 2.45) is 0 Å². The molecular formula is C6H10OS2. The van der Waals surface area contributed by atoms with Gasteiger partial charge in [-0.05, 0) is 13.8 Å². The fraction of sp³-hybridized carbons (Fsp3) is 0.667. The lowest BCUT2D eigenvalue weighted by molar-refractivity contribution is 0.689. The van der Waals surface area contributed by atoms with Crippen molar-refractivity contribution in [2.45, 2.75) is 13.8 Å². The van der Waals surface area contributed by atoms with Crippen LogP contribution in [0.4, 0.5) is 0 Å². The lowest BCUT2D eigenvalue weighted by Crippen LogP contribution is -1.89. The smallest absolute Gasteiger partial charge is 0.0703 e. The van der Waals surface area contributed by atoms with Crippen LogP contribution in [0.1, 0.15) is 13.8 Å². The van der Waals surface area contributed by atoms with Crippen molar-refractivity contribution in [1.82, 2.24) is 0 Å². The minimum absolute atomic E-state index is 0.648. The minimum atomic E-state index is -0.648. The Labute approximate surface area is 62.4 Å². The van der Waals surface area contributed by atoms with E-state index in [9.17, 15) is 4.21 Å². The Bertz CT molecular complexity index is 168. The third-order valence-corrected chi connectivity index (χ3v) is 4.76. The van der Waals surface area contributed by atoms with Crippen molar-refractivity contribution in [1.29, 1.82) is 0 Å². The fourth-order valence-electron chi connectivity index (χ4n) is 0.740. The number of allylic oxidation sites excluding steroid dienone is 1. The van der Waals surface area contributed by atoms with Crippen LogP contribution in [0.2, 0.25) is 0 Å². The predicted molar refractivity (Wildman–Crippen MR) is 43.8 cm³/mol. The molecule has 1 saturated heterocycles. The van der Waals surface area contributed by atoms with Gasteiger partial charge in [0.25, 0.3) is 0 Å². The Kier molecular flexibility index (Phi) is 2.35. The standard InChI is InChI=1S/C6H10OS2/c1-5(2)6-8-3-4-9(6)7/h3-4H2,1-2H3. The molecule has 52 valence electrons. The molecule has 0 aliphatic carbocycles. The van der Waals surface area contributed by atoms with Gasteiger partial charge in [-0.25, -0.2) is 0 Å². The van der Waals surface area contributed by atoms with E-state index < -0.39 is 10.8 Å². The molecule has 0 radical (unpaired) electrons. The van der Waals surface area contributed by atoms with Gasteiger partial charge in [0, 0.05) is 11.5 Å². The SMILES string of the molecule is CC(C)=C1SCCS1=O. The highest BCUT2D eigenvalue weighted by atomic mass is 32.2. The number of rotatable bonds is 0. The predicted octanol–water partition coefficient (Wildman–Crippen LogP) is 1.73. The molecule has 0 amide bonds. The van der Waals surface area contributed by atoms with Gasteiger partial charge in [-0.3, -0.25) is 4.21 Å². The third-order valence-electron chi connectivity index (χ3n) is 1.12. The summed E-state index contributed by atoms with van der Waals surface area (Å²) in [5.74, 6) is 1.89. The van der Waals surface area contributed by atoms with E-state index in [2.05, 4.69) is 0 Å². The summed E-state index contributed by atoms with van der Waals surface area (Å²) in [7, 11) is -0.648. The summed E-state index contributed by atoms with van der Waals surface area (Å²) >= 11 is 1.74. The Hall–Kier alpha value is 0.240. The molecule has 0 spiro atoms. The Morgan fingerprint density at radius 3 is 2.56 bits per heavy atom. The maximum absolute atomic E-state index is 11.0. The van der Waals surface area contributed by atoms with Crippen molar-refractivity contribution in [3.63, 3.8) is 0 Å². The van der Waals surface area contributed by atoms with E-state index in [-0.39, 0.29) is 0 Å². The number of thioether (sulfide) groups is 1. The van der Waals surface area contributed by atoms with Gasteiger partial charge in [0.1, 0.15) is 0 Å². The quantitative estimate of drug-likeness (QED) is 0.539. The van der Waals surface area contributed by atoms with Crippen molar-refractivity contribution in [3.05, 3.63) is 9.81 Å². The van der Waals surface area contributed by atoms with Gasteiger partial charge in [0.2, 0.25) is 0 Å². The number of hydrogen-bond acceptors (Lipinski definition) is 2. The average Bonchev–Trinajstić information content (AvgIpc) is 2.13. The van der Waals surface area contributed by atoms with Crippen LogP contribution in [0.25, 0.3) is 0 Å². The van der Waals surface area contributed by atoms with Crippen molar-refractivity contribution in [3.8, 4) is 0 Å². The second kappa shape index (κ2) is 2.88. The molecule has 1 unspecified atom stereocenters. The van der Waals surface area contributed by atoms with E-state index in [0.717, 1.165) is 15.7 Å². The van der Waals surface area contributed by atoms with Crippen molar-refractivity contribution >= 4 is 22.6 Å². The first kappa shape index (κ1) is 7.35. The zero-order valence-electron chi connectivity index (χ0n) is 5.64. The van der Waals surface area contributed by atoms with Gasteiger partial charge in [-0.2, -0.15) is 0 Å². The van der Waals surface area contributed by atoms with E-state index in [4.69, 9.17) is 0 Å². The molecule has 1 heterocycles. The van der Waals surface area contributed by atoms with Crippen LogP contribution >= 0.6 is 11.8 Å². The molecule has 0 bridgehead atoms. The summed E-state index contributed by atoms with van der Waals surface area (Å²) in [5, 5.41) is 0. The summed E-state index contributed by atoms with van der Waals surface area (Å²) in [6.45, 7) is 4.04. The highest BCUT2D eigenvalue weighted by molar-refractivity contribution is 8.19. The summed E-state index contributed by atoms with van der Waals surface area (Å²) in [5.41, 5.74) is 1.22. The average molecular weight is 162 g/mol. The van der Waals surface area contributed by atoms with Crippen LogP contribution in [-0.4, -0.2) is 15.7 Å². The highest BCUT2D eigenvalue weighted by Gasteiger charge is 2.16. The van der Waals surface area contributed by atoms with Crippen molar-refractivity contribution < 1.29 is 4.21 Å². The molecule has 0 aromatic rings. The highest BCUT2D eigenvalue weighted by Crippen LogP contribution is 2.29. The zero-order chi connectivity index (χ0) is 6.85. The van der Waals surface area contributed by atoms with Crippen LogP contribution in [0, 0.1) is 0 Å². The van der Waals surface area contributed by atoms with Gasteiger partial charge < -0.3 is 0 Å². The number of hydrogen-bond donors (Lipinski definition) is 0. The Morgan fingerprint density at radius 1 is 1.67 bits per heavy atom. The molecule has 1 aliphatic rings. The first-order valence-electron chi connectivity index (χ1n) is 2.90. The maximum atomic E-state index is 11.0. The van der Waals surface area contributed by atoms with E-state index >= 15 is 0 Å². The largest absolute Gasteiger partial charge is 0.254 e. The summed E-state index contributed by atoms with van der Waals surface area (Å²) in [6, 6.07) is 0. The summed E-state index contributed by atoms with van der Waals surface area (Å²) in [6.07, 6.45) is 0. The van der Waals surface area contributed by atoms with Crippen molar-refractivity contribution in [2.75, 3.05) is 11.5 Å². The molecule has 0 aromatic heterocycles. The zero-order valence-corrected chi connectivity index (χ0v) is 7.27. The first-order valence-corrected chi connectivity index (χ1v) is 5.21. The van der Waals surface area contributed by atoms with E-state index in [1.807, 2.05) is 13.8 Å². The van der Waals surface area contributed by atoms with Gasteiger partial charge in [-0.15, -0.1) is 11.8 Å². The van der Waals surface area contributed by atoms with E-state index in [1.165, 1.54) is 5.57 Å². The van der Waals surface area contributed by atoms with Gasteiger partial charge >= 0.3 is 0 Å². The van der Waals surface area contributed by atoms with Gasteiger partial charge in [0.15, 0.2) is 0 Å². The molecule has 9 heavy (non-hydrogen) atoms. The molecule has 1 atom stereocenters. The monoisotopic (exact) mass is 162 g/mol. The van der Waals surface area contributed by atoms with Crippen LogP contribution < -0.4 is 0 Å². The minimum Gasteiger partial charge on any atom is -0.254 e. The fourth-order valence-corrected chi connectivity index (χ4v) is 3.82. The van der Waals surface area contributed by atoms with Crippen LogP contribution in [0.3, 0.4) is 0 Å². The van der Waals surface area contributed by atoms with Crippen LogP contribution in [-0.2, 0) is 10.8 Å². The molecule has 0 N–H and O–H groups in total. The van der Waals surface area contributed by atoms with Crippen LogP contribution in [0.15, 0.2) is 9.81 Å². The molecule has 1 rings (SSSR count). The molecule has 1 fully saturated rings. The molecule has 0 aromatic carbocycles. The second-order valence-electron chi connectivity index (χ2n) is 2.19. The topological polar surface area (TPSA) is 17.1 Å². The lowest BCUT2D eigenvalue weighted by atomic mass is 10.4. The van der Waals surface area contributed by atoms with Crippen LogP contribution in [0.5, 0.6) is 0 Å². The Balaban J connectivity index is 2.83. The molecule has 3 heteroatoms. The molecular weight excluding hydrogens is 152 g/mol. The molecule has 1 aliphatic heterocycles. The van der Waals surface area contributed by atoms with Gasteiger partial charge in [-0.1, -0.05) is 5.57 Å². The normalized spacial score (nSPS) is 26.9.